The first-order valence-corrected chi connectivity index (χ1v) is 9.92. The number of thioether (sulfide) groups is 1. The van der Waals surface area contributed by atoms with Crippen molar-refractivity contribution in [1.82, 2.24) is 19.7 Å². The lowest BCUT2D eigenvalue weighted by atomic mass is 10.1. The fourth-order valence-electron chi connectivity index (χ4n) is 2.93. The maximum absolute atomic E-state index is 5.30. The molecule has 0 unspecified atom stereocenters. The number of methoxy groups -OCH3 is 1. The highest BCUT2D eigenvalue weighted by Gasteiger charge is 2.16. The van der Waals surface area contributed by atoms with Crippen LogP contribution in [0, 0.1) is 6.92 Å². The lowest BCUT2D eigenvalue weighted by Gasteiger charge is -2.11. The van der Waals surface area contributed by atoms with Gasteiger partial charge in [-0.25, -0.2) is 0 Å². The largest absolute Gasteiger partial charge is 0.497 e. The third-order valence-corrected chi connectivity index (χ3v) is 5.50. The average Bonchev–Trinajstić information content (AvgIpc) is 3.18. The van der Waals surface area contributed by atoms with Gasteiger partial charge in [0.15, 0.2) is 11.0 Å². The highest BCUT2D eigenvalue weighted by molar-refractivity contribution is 7.98. The zero-order valence-electron chi connectivity index (χ0n) is 15.7. The quantitative estimate of drug-likeness (QED) is 0.438. The molecular formula is C22H20N4OS. The van der Waals surface area contributed by atoms with E-state index in [0.29, 0.717) is 0 Å². The Morgan fingerprint density at radius 1 is 0.929 bits per heavy atom. The van der Waals surface area contributed by atoms with E-state index in [0.717, 1.165) is 33.7 Å². The molecule has 0 radical (unpaired) electrons. The van der Waals surface area contributed by atoms with E-state index < -0.39 is 0 Å². The van der Waals surface area contributed by atoms with Gasteiger partial charge in [0.2, 0.25) is 0 Å². The van der Waals surface area contributed by atoms with E-state index in [2.05, 4.69) is 50.9 Å². The van der Waals surface area contributed by atoms with Crippen LogP contribution in [0.2, 0.25) is 0 Å². The van der Waals surface area contributed by atoms with Crippen molar-refractivity contribution in [2.24, 2.45) is 0 Å². The molecule has 0 aliphatic heterocycles. The molecule has 0 saturated carbocycles. The molecule has 0 fully saturated rings. The molecule has 2 aromatic heterocycles. The topological polar surface area (TPSA) is 52.8 Å². The van der Waals surface area contributed by atoms with Crippen molar-refractivity contribution >= 4 is 11.8 Å². The third-order valence-electron chi connectivity index (χ3n) is 4.52. The summed E-state index contributed by atoms with van der Waals surface area (Å²) in [5.74, 6) is 2.44. The number of benzene rings is 2. The van der Waals surface area contributed by atoms with Gasteiger partial charge in [-0.05, 0) is 54.4 Å². The van der Waals surface area contributed by atoms with Crippen LogP contribution in [-0.2, 0) is 5.75 Å². The lowest BCUT2D eigenvalue weighted by Crippen LogP contribution is -2.00. The molecule has 140 valence electrons. The van der Waals surface area contributed by atoms with E-state index in [1.807, 2.05) is 36.4 Å². The Morgan fingerprint density at radius 3 is 2.39 bits per heavy atom. The Balaban J connectivity index is 1.73. The van der Waals surface area contributed by atoms with Crippen molar-refractivity contribution in [2.75, 3.05) is 7.11 Å². The fourth-order valence-corrected chi connectivity index (χ4v) is 3.96. The number of rotatable bonds is 6. The van der Waals surface area contributed by atoms with Crippen molar-refractivity contribution in [3.8, 4) is 22.8 Å². The molecular weight excluding hydrogens is 368 g/mol. The predicted molar refractivity (Wildman–Crippen MR) is 112 cm³/mol. The first kappa shape index (κ1) is 18.3. The Morgan fingerprint density at radius 2 is 1.68 bits per heavy atom. The summed E-state index contributed by atoms with van der Waals surface area (Å²) in [7, 11) is 1.67. The second kappa shape index (κ2) is 8.27. The van der Waals surface area contributed by atoms with Crippen LogP contribution < -0.4 is 4.74 Å². The smallest absolute Gasteiger partial charge is 0.196 e. The summed E-state index contributed by atoms with van der Waals surface area (Å²) in [6, 6.07) is 20.2. The minimum Gasteiger partial charge on any atom is -0.497 e. The first-order chi connectivity index (χ1) is 13.8. The van der Waals surface area contributed by atoms with Crippen LogP contribution in [0.1, 0.15) is 11.1 Å². The van der Waals surface area contributed by atoms with E-state index in [9.17, 15) is 0 Å². The number of hydrogen-bond acceptors (Lipinski definition) is 5. The molecule has 0 aliphatic rings. The SMILES string of the molecule is COc1ccc(-n2c(SCc3ccccc3C)nnc2-c2ccncc2)cc1. The van der Waals surface area contributed by atoms with Crippen LogP contribution in [0.25, 0.3) is 17.1 Å². The number of ether oxygens (including phenoxy) is 1. The monoisotopic (exact) mass is 388 g/mol. The number of pyridine rings is 1. The molecule has 0 spiro atoms. The Bertz CT molecular complexity index is 1060. The van der Waals surface area contributed by atoms with Crippen molar-refractivity contribution in [1.29, 1.82) is 0 Å². The van der Waals surface area contributed by atoms with Gasteiger partial charge in [0.05, 0.1) is 7.11 Å². The minimum absolute atomic E-state index is 0.792. The molecule has 0 aliphatic carbocycles. The van der Waals surface area contributed by atoms with E-state index >= 15 is 0 Å². The summed E-state index contributed by atoms with van der Waals surface area (Å²) in [5, 5.41) is 9.80. The zero-order chi connectivity index (χ0) is 19.3. The summed E-state index contributed by atoms with van der Waals surface area (Å²) in [4.78, 5) is 4.11. The van der Waals surface area contributed by atoms with E-state index in [1.54, 1.807) is 31.3 Å². The molecule has 28 heavy (non-hydrogen) atoms. The molecule has 6 heteroatoms. The third kappa shape index (κ3) is 3.77. The van der Waals surface area contributed by atoms with Gasteiger partial charge in [0.1, 0.15) is 5.75 Å². The molecule has 2 heterocycles. The van der Waals surface area contributed by atoms with Gasteiger partial charge in [-0.2, -0.15) is 0 Å². The van der Waals surface area contributed by atoms with Gasteiger partial charge >= 0.3 is 0 Å². The average molecular weight is 388 g/mol. The minimum atomic E-state index is 0.792. The summed E-state index contributed by atoms with van der Waals surface area (Å²) in [6.07, 6.45) is 3.53. The standard InChI is InChI=1S/C22H20N4OS/c1-16-5-3-4-6-18(16)15-28-22-25-24-21(17-11-13-23-14-12-17)26(22)19-7-9-20(27-2)10-8-19/h3-14H,15H2,1-2H3. The van der Waals surface area contributed by atoms with Crippen molar-refractivity contribution in [3.05, 3.63) is 84.2 Å². The van der Waals surface area contributed by atoms with Crippen molar-refractivity contribution in [2.45, 2.75) is 17.8 Å². The zero-order valence-corrected chi connectivity index (χ0v) is 16.6. The predicted octanol–water partition coefficient (Wildman–Crippen LogP) is 4.94. The highest BCUT2D eigenvalue weighted by atomic mass is 32.2. The maximum Gasteiger partial charge on any atom is 0.196 e. The highest BCUT2D eigenvalue weighted by Crippen LogP contribution is 2.30. The van der Waals surface area contributed by atoms with Gasteiger partial charge in [0, 0.05) is 29.4 Å². The molecule has 2 aromatic carbocycles. The second-order valence-corrected chi connectivity index (χ2v) is 7.23. The number of hydrogen-bond donors (Lipinski definition) is 0. The van der Waals surface area contributed by atoms with Crippen molar-refractivity contribution in [3.63, 3.8) is 0 Å². The van der Waals surface area contributed by atoms with Gasteiger partial charge in [-0.15, -0.1) is 10.2 Å². The number of nitrogens with zero attached hydrogens (tertiary/aromatic N) is 4. The van der Waals surface area contributed by atoms with Gasteiger partial charge in [0.25, 0.3) is 0 Å². The van der Waals surface area contributed by atoms with Crippen LogP contribution in [-0.4, -0.2) is 26.9 Å². The molecule has 0 saturated heterocycles. The number of aryl methyl sites for hydroxylation is 1. The lowest BCUT2D eigenvalue weighted by molar-refractivity contribution is 0.414. The Kier molecular flexibility index (Phi) is 5.39. The van der Waals surface area contributed by atoms with E-state index in [-0.39, 0.29) is 0 Å². The van der Waals surface area contributed by atoms with Crippen LogP contribution in [0.4, 0.5) is 0 Å². The van der Waals surface area contributed by atoms with Crippen LogP contribution in [0.5, 0.6) is 5.75 Å². The van der Waals surface area contributed by atoms with Gasteiger partial charge in [-0.3, -0.25) is 9.55 Å². The van der Waals surface area contributed by atoms with Crippen LogP contribution in [0.15, 0.2) is 78.2 Å². The summed E-state index contributed by atoms with van der Waals surface area (Å²) < 4.78 is 7.38. The van der Waals surface area contributed by atoms with Crippen molar-refractivity contribution < 1.29 is 4.74 Å². The van der Waals surface area contributed by atoms with Crippen LogP contribution >= 0.6 is 11.8 Å². The molecule has 0 amide bonds. The fraction of sp³-hybridized carbons (Fsp3) is 0.136. The van der Waals surface area contributed by atoms with E-state index in [1.165, 1.54) is 11.1 Å². The molecule has 5 nitrogen and oxygen atoms in total. The molecule has 4 aromatic rings. The van der Waals surface area contributed by atoms with E-state index in [4.69, 9.17) is 4.74 Å². The normalized spacial score (nSPS) is 10.8. The summed E-state index contributed by atoms with van der Waals surface area (Å²) in [6.45, 7) is 2.13. The summed E-state index contributed by atoms with van der Waals surface area (Å²) >= 11 is 1.68. The number of aromatic nitrogens is 4. The Hall–Kier alpha value is -3.12. The second-order valence-electron chi connectivity index (χ2n) is 6.29. The Labute approximate surface area is 168 Å². The first-order valence-electron chi connectivity index (χ1n) is 8.94. The maximum atomic E-state index is 5.30. The van der Waals surface area contributed by atoms with Gasteiger partial charge in [-0.1, -0.05) is 36.0 Å². The van der Waals surface area contributed by atoms with Gasteiger partial charge < -0.3 is 4.74 Å². The molecule has 4 rings (SSSR count). The molecule has 0 bridgehead atoms. The summed E-state index contributed by atoms with van der Waals surface area (Å²) in [5.41, 5.74) is 4.54. The van der Waals surface area contributed by atoms with Crippen LogP contribution in [0.3, 0.4) is 0 Å². The molecule has 0 N–H and O–H groups in total. The molecule has 0 atom stereocenters.